The van der Waals surface area contributed by atoms with Crippen LogP contribution in [-0.2, 0) is 41.0 Å². The highest BCUT2D eigenvalue weighted by Gasteiger charge is 2.33. The summed E-state index contributed by atoms with van der Waals surface area (Å²) < 4.78 is 36.6. The zero-order valence-corrected chi connectivity index (χ0v) is 32.3. The van der Waals surface area contributed by atoms with Gasteiger partial charge in [-0.15, -0.1) is 0 Å². The largest absolute Gasteiger partial charge is 0.478 e. The summed E-state index contributed by atoms with van der Waals surface area (Å²) in [4.78, 5) is 12.8. The molecule has 0 aliphatic carbocycles. The summed E-state index contributed by atoms with van der Waals surface area (Å²) in [6, 6.07) is 15.5. The number of hydrogen-bond donors (Lipinski definition) is 0. The quantitative estimate of drug-likeness (QED) is 0.151. The number of hydrogen-bond acceptors (Lipinski definition) is 9. The highest BCUT2D eigenvalue weighted by molar-refractivity contribution is 6.66. The second-order valence-electron chi connectivity index (χ2n) is 13.1. The number of carbonyl (C=O) groups excluding carboxylic acids is 1. The highest BCUT2D eigenvalue weighted by atomic mass is 28.4. The maximum atomic E-state index is 8.00. The summed E-state index contributed by atoms with van der Waals surface area (Å²) in [5.41, 5.74) is 4.93. The Morgan fingerprint density at radius 1 is 0.681 bits per heavy atom. The Kier molecular flexibility index (Phi) is 15.6. The standard InChI is InChI=1S/C35H58N2O6Si2.CH2O/c1-9-40-44(7,41-10-2)21-13-19-36-25-29-23-31(15-17-33(29)38-27-36)35(5,6)32-16-18-34-30(24-32)26-37(28-39-34)20-14-22-45(8,42-11-3)43-12-4;1-2/h15-18,23-24H,9-14,19-22,25-28H2,1-8H3;1H2. The first-order valence-electron chi connectivity index (χ1n) is 17.4. The van der Waals surface area contributed by atoms with Gasteiger partial charge in [-0.05, 0) is 101 Å². The fraction of sp³-hybridized carbons (Fsp3) is 0.639. The molecule has 0 amide bonds. The number of fused-ring (bicyclic) bond motifs is 2. The highest BCUT2D eigenvalue weighted by Crippen LogP contribution is 2.38. The minimum atomic E-state index is -2.10. The van der Waals surface area contributed by atoms with Gasteiger partial charge < -0.3 is 32.0 Å². The molecule has 4 rings (SSSR count). The second-order valence-corrected chi connectivity index (χ2v) is 19.8. The maximum Gasteiger partial charge on any atom is 0.334 e. The van der Waals surface area contributed by atoms with E-state index in [1.807, 2.05) is 6.79 Å². The molecule has 0 saturated heterocycles. The molecule has 0 bridgehead atoms. The molecule has 11 heteroatoms. The molecule has 2 aromatic carbocycles. The van der Waals surface area contributed by atoms with Gasteiger partial charge in [0.15, 0.2) is 0 Å². The third-order valence-electron chi connectivity index (χ3n) is 9.17. The van der Waals surface area contributed by atoms with Crippen LogP contribution >= 0.6 is 0 Å². The lowest BCUT2D eigenvalue weighted by atomic mass is 9.77. The summed E-state index contributed by atoms with van der Waals surface area (Å²) in [7, 11) is -4.20. The Hall–Kier alpha value is -2.10. The molecular weight excluding hydrogens is 629 g/mol. The molecule has 0 radical (unpaired) electrons. The van der Waals surface area contributed by atoms with Crippen LogP contribution < -0.4 is 9.47 Å². The van der Waals surface area contributed by atoms with E-state index in [1.165, 1.54) is 22.3 Å². The predicted molar refractivity (Wildman–Crippen MR) is 193 cm³/mol. The summed E-state index contributed by atoms with van der Waals surface area (Å²) in [5, 5.41) is 0. The van der Waals surface area contributed by atoms with Gasteiger partial charge >= 0.3 is 17.1 Å². The van der Waals surface area contributed by atoms with Crippen LogP contribution in [0.25, 0.3) is 0 Å². The molecule has 0 atom stereocenters. The molecule has 0 saturated carbocycles. The van der Waals surface area contributed by atoms with Crippen LogP contribution in [0.15, 0.2) is 36.4 Å². The van der Waals surface area contributed by atoms with Gasteiger partial charge in [-0.3, -0.25) is 9.80 Å². The van der Waals surface area contributed by atoms with Crippen molar-refractivity contribution in [2.24, 2.45) is 0 Å². The van der Waals surface area contributed by atoms with Gasteiger partial charge in [0.1, 0.15) is 31.7 Å². The molecule has 9 nitrogen and oxygen atoms in total. The zero-order valence-electron chi connectivity index (χ0n) is 30.3. The van der Waals surface area contributed by atoms with E-state index in [4.69, 9.17) is 32.0 Å². The van der Waals surface area contributed by atoms with E-state index >= 15 is 0 Å². The lowest BCUT2D eigenvalue weighted by Gasteiger charge is -2.34. The minimum Gasteiger partial charge on any atom is -0.478 e. The topological polar surface area (TPSA) is 78.9 Å². The molecule has 2 aliphatic rings. The van der Waals surface area contributed by atoms with E-state index in [2.05, 4.69) is 101 Å². The molecule has 0 fully saturated rings. The van der Waals surface area contributed by atoms with Crippen LogP contribution in [0.4, 0.5) is 0 Å². The predicted octanol–water partition coefficient (Wildman–Crippen LogP) is 7.20. The van der Waals surface area contributed by atoms with Gasteiger partial charge in [0.05, 0.1) is 0 Å². The van der Waals surface area contributed by atoms with Gasteiger partial charge in [-0.1, -0.05) is 26.0 Å². The Morgan fingerprint density at radius 2 is 1.04 bits per heavy atom. The maximum absolute atomic E-state index is 8.00. The Morgan fingerprint density at radius 3 is 1.38 bits per heavy atom. The fourth-order valence-electron chi connectivity index (χ4n) is 6.65. The lowest BCUT2D eigenvalue weighted by molar-refractivity contribution is -0.0980. The summed E-state index contributed by atoms with van der Waals surface area (Å²) in [5.74, 6) is 1.99. The molecule has 2 aliphatic heterocycles. The van der Waals surface area contributed by atoms with E-state index in [0.29, 0.717) is 39.9 Å². The number of ether oxygens (including phenoxy) is 2. The van der Waals surface area contributed by atoms with Crippen molar-refractivity contribution in [1.82, 2.24) is 9.80 Å². The molecule has 47 heavy (non-hydrogen) atoms. The second kappa shape index (κ2) is 18.6. The first-order chi connectivity index (χ1) is 22.5. The molecule has 0 aromatic heterocycles. The first kappa shape index (κ1) is 39.3. The van der Waals surface area contributed by atoms with Crippen LogP contribution in [-0.4, -0.2) is 86.7 Å². The molecule has 2 heterocycles. The lowest BCUT2D eigenvalue weighted by Crippen LogP contribution is -2.40. The van der Waals surface area contributed by atoms with Crippen LogP contribution in [0.1, 0.15) is 76.6 Å². The molecular formula is C36H60N2O7Si2. The van der Waals surface area contributed by atoms with E-state index in [-0.39, 0.29) is 5.41 Å². The third kappa shape index (κ3) is 11.0. The van der Waals surface area contributed by atoms with Crippen molar-refractivity contribution in [1.29, 1.82) is 0 Å². The van der Waals surface area contributed by atoms with Crippen molar-refractivity contribution in [3.05, 3.63) is 58.7 Å². The Balaban J connectivity index is 0.00000294. The van der Waals surface area contributed by atoms with E-state index < -0.39 is 17.1 Å². The molecule has 0 N–H and O–H groups in total. The molecule has 2 aromatic rings. The zero-order chi connectivity index (χ0) is 34.5. The Labute approximate surface area is 286 Å². The van der Waals surface area contributed by atoms with Crippen molar-refractivity contribution in [2.45, 2.75) is 98.1 Å². The van der Waals surface area contributed by atoms with Crippen molar-refractivity contribution in [3.63, 3.8) is 0 Å². The van der Waals surface area contributed by atoms with Crippen molar-refractivity contribution in [2.75, 3.05) is 53.0 Å². The van der Waals surface area contributed by atoms with Crippen molar-refractivity contribution < 1.29 is 32.0 Å². The minimum absolute atomic E-state index is 0.167. The van der Waals surface area contributed by atoms with Gasteiger partial charge in [-0.2, -0.15) is 0 Å². The van der Waals surface area contributed by atoms with Crippen molar-refractivity contribution in [3.8, 4) is 11.5 Å². The van der Waals surface area contributed by atoms with E-state index in [0.717, 1.165) is 62.6 Å². The summed E-state index contributed by atoms with van der Waals surface area (Å²) in [6.45, 7) is 27.0. The monoisotopic (exact) mass is 688 g/mol. The summed E-state index contributed by atoms with van der Waals surface area (Å²) in [6.07, 6.45) is 2.09. The third-order valence-corrected chi connectivity index (χ3v) is 15.3. The molecule has 0 spiro atoms. The number of rotatable bonds is 18. The van der Waals surface area contributed by atoms with E-state index in [9.17, 15) is 0 Å². The van der Waals surface area contributed by atoms with Crippen LogP contribution in [0, 0.1) is 0 Å². The average molecular weight is 689 g/mol. The fourth-order valence-corrected chi connectivity index (χ4v) is 11.4. The molecule has 264 valence electrons. The van der Waals surface area contributed by atoms with Gasteiger partial charge in [0, 0.05) is 69.1 Å². The Bertz CT molecular complexity index is 1140. The normalized spacial score (nSPS) is 15.6. The van der Waals surface area contributed by atoms with Crippen molar-refractivity contribution >= 4 is 23.9 Å². The van der Waals surface area contributed by atoms with E-state index in [1.54, 1.807) is 0 Å². The number of nitrogens with zero attached hydrogens (tertiary/aromatic N) is 2. The SMILES string of the molecule is C=O.CCO[Si](C)(CCCN1COc2ccc(C(C)(C)c3ccc4c(c3)CN(CCC[Si](C)(OCC)OCC)CO4)cc2C1)OCC. The smallest absolute Gasteiger partial charge is 0.334 e. The van der Waals surface area contributed by atoms with Crippen LogP contribution in [0.2, 0.25) is 25.2 Å². The number of carbonyl (C=O) groups is 1. The average Bonchev–Trinajstić information content (AvgIpc) is 3.05. The van der Waals surface area contributed by atoms with Gasteiger partial charge in [0.2, 0.25) is 0 Å². The van der Waals surface area contributed by atoms with Crippen LogP contribution in [0.5, 0.6) is 11.5 Å². The number of benzene rings is 2. The molecule has 0 unspecified atom stereocenters. The van der Waals surface area contributed by atoms with Gasteiger partial charge in [0.25, 0.3) is 0 Å². The summed E-state index contributed by atoms with van der Waals surface area (Å²) >= 11 is 0. The first-order valence-corrected chi connectivity index (χ1v) is 22.4. The van der Waals surface area contributed by atoms with Gasteiger partial charge in [-0.25, -0.2) is 0 Å². The van der Waals surface area contributed by atoms with Crippen LogP contribution in [0.3, 0.4) is 0 Å².